The topological polar surface area (TPSA) is 50.4 Å². The smallest absolute Gasteiger partial charge is 0.340 e. The van der Waals surface area contributed by atoms with Gasteiger partial charge in [-0.3, -0.25) is 0 Å². The molecule has 104 valence electrons. The monoisotopic (exact) mass is 282 g/mol. The summed E-state index contributed by atoms with van der Waals surface area (Å²) < 4.78 is 4.78. The van der Waals surface area contributed by atoms with Gasteiger partial charge in [0.2, 0.25) is 0 Å². The van der Waals surface area contributed by atoms with Crippen LogP contribution in [0.4, 0.5) is 5.69 Å². The summed E-state index contributed by atoms with van der Waals surface area (Å²) in [6, 6.07) is 5.24. The summed E-state index contributed by atoms with van der Waals surface area (Å²) in [5, 5.41) is 7.21. The van der Waals surface area contributed by atoms with Crippen molar-refractivity contribution in [3.05, 3.63) is 28.8 Å². The lowest BCUT2D eigenvalue weighted by molar-refractivity contribution is 0.0602. The quantitative estimate of drug-likeness (QED) is 0.834. The summed E-state index contributed by atoms with van der Waals surface area (Å²) >= 11 is 5.92. The van der Waals surface area contributed by atoms with Crippen molar-refractivity contribution in [1.82, 2.24) is 5.32 Å². The van der Waals surface area contributed by atoms with Crippen LogP contribution in [0.3, 0.4) is 0 Å². The van der Waals surface area contributed by atoms with Gasteiger partial charge in [-0.1, -0.05) is 11.6 Å². The van der Waals surface area contributed by atoms with E-state index < -0.39 is 0 Å². The highest BCUT2D eigenvalue weighted by molar-refractivity contribution is 6.31. The fourth-order valence-electron chi connectivity index (χ4n) is 2.29. The molecular weight excluding hydrogens is 264 g/mol. The number of nitrogens with one attached hydrogen (secondary N) is 2. The number of halogens is 1. The van der Waals surface area contributed by atoms with Gasteiger partial charge in [0.25, 0.3) is 0 Å². The molecule has 1 fully saturated rings. The molecule has 0 aliphatic carbocycles. The van der Waals surface area contributed by atoms with Gasteiger partial charge in [-0.2, -0.15) is 0 Å². The second-order valence-corrected chi connectivity index (χ2v) is 5.19. The number of hydrogen-bond acceptors (Lipinski definition) is 4. The van der Waals surface area contributed by atoms with Gasteiger partial charge >= 0.3 is 5.97 Å². The van der Waals surface area contributed by atoms with Crippen LogP contribution in [-0.2, 0) is 4.74 Å². The largest absolute Gasteiger partial charge is 0.465 e. The molecule has 2 rings (SSSR count). The molecule has 0 radical (unpaired) electrons. The third kappa shape index (κ3) is 3.85. The van der Waals surface area contributed by atoms with E-state index in [0.717, 1.165) is 38.2 Å². The molecule has 1 aromatic rings. The predicted molar refractivity (Wildman–Crippen MR) is 76.9 cm³/mol. The van der Waals surface area contributed by atoms with Crippen molar-refractivity contribution in [3.63, 3.8) is 0 Å². The Morgan fingerprint density at radius 2 is 2.21 bits per heavy atom. The Labute approximate surface area is 118 Å². The van der Waals surface area contributed by atoms with E-state index in [-0.39, 0.29) is 5.97 Å². The molecule has 0 bridgehead atoms. The summed E-state index contributed by atoms with van der Waals surface area (Å²) in [7, 11) is 1.37. The molecule has 2 N–H and O–H groups in total. The van der Waals surface area contributed by atoms with E-state index in [9.17, 15) is 4.79 Å². The predicted octanol–water partition coefficient (Wildman–Crippen LogP) is 2.54. The molecule has 0 unspecified atom stereocenters. The van der Waals surface area contributed by atoms with Crippen LogP contribution in [0, 0.1) is 5.92 Å². The Morgan fingerprint density at radius 1 is 1.47 bits per heavy atom. The van der Waals surface area contributed by atoms with Crippen molar-refractivity contribution in [3.8, 4) is 0 Å². The summed E-state index contributed by atoms with van der Waals surface area (Å²) in [6.45, 7) is 3.00. The molecule has 0 spiro atoms. The van der Waals surface area contributed by atoms with E-state index in [4.69, 9.17) is 16.3 Å². The van der Waals surface area contributed by atoms with Crippen molar-refractivity contribution in [2.24, 2.45) is 5.92 Å². The highest BCUT2D eigenvalue weighted by Gasteiger charge is 2.16. The zero-order chi connectivity index (χ0) is 13.7. The van der Waals surface area contributed by atoms with Gasteiger partial charge in [0, 0.05) is 17.3 Å². The number of anilines is 1. The summed E-state index contributed by atoms with van der Waals surface area (Å²) in [5.41, 5.74) is 1.28. The average Bonchev–Trinajstić information content (AvgIpc) is 2.46. The molecular formula is C14H19ClN2O2. The molecule has 0 atom stereocenters. The SMILES string of the molecule is COC(=O)c1cc(Cl)ccc1NCC1CCNCC1. The van der Waals surface area contributed by atoms with E-state index in [1.807, 2.05) is 6.07 Å². The van der Waals surface area contributed by atoms with Crippen LogP contribution in [0.15, 0.2) is 18.2 Å². The number of carbonyl (C=O) groups excluding carboxylic acids is 1. The Morgan fingerprint density at radius 3 is 2.89 bits per heavy atom. The Hall–Kier alpha value is -1.26. The van der Waals surface area contributed by atoms with Gasteiger partial charge in [0.05, 0.1) is 12.7 Å². The lowest BCUT2D eigenvalue weighted by Gasteiger charge is -2.23. The first-order valence-electron chi connectivity index (χ1n) is 6.53. The minimum atomic E-state index is -0.365. The van der Waals surface area contributed by atoms with E-state index in [2.05, 4.69) is 10.6 Å². The van der Waals surface area contributed by atoms with Crippen LogP contribution in [-0.4, -0.2) is 32.7 Å². The van der Waals surface area contributed by atoms with Crippen LogP contribution >= 0.6 is 11.6 Å². The fourth-order valence-corrected chi connectivity index (χ4v) is 2.46. The fraction of sp³-hybridized carbons (Fsp3) is 0.500. The molecule has 1 saturated heterocycles. The minimum absolute atomic E-state index is 0.365. The van der Waals surface area contributed by atoms with Crippen LogP contribution in [0.2, 0.25) is 5.02 Å². The molecule has 4 nitrogen and oxygen atoms in total. The van der Waals surface area contributed by atoms with Gasteiger partial charge < -0.3 is 15.4 Å². The number of ether oxygens (including phenoxy) is 1. The molecule has 0 aromatic heterocycles. The highest BCUT2D eigenvalue weighted by Crippen LogP contribution is 2.22. The lowest BCUT2D eigenvalue weighted by atomic mass is 9.98. The van der Waals surface area contributed by atoms with Crippen LogP contribution in [0.5, 0.6) is 0 Å². The number of esters is 1. The van der Waals surface area contributed by atoms with Gasteiger partial charge in [-0.15, -0.1) is 0 Å². The normalized spacial score (nSPS) is 16.1. The zero-order valence-electron chi connectivity index (χ0n) is 11.0. The third-order valence-electron chi connectivity index (χ3n) is 3.43. The Kier molecular flexibility index (Phi) is 5.05. The second kappa shape index (κ2) is 6.78. The number of piperidine rings is 1. The standard InChI is InChI=1S/C14H19ClN2O2/c1-19-14(18)12-8-11(15)2-3-13(12)17-9-10-4-6-16-7-5-10/h2-3,8,10,16-17H,4-7,9H2,1H3. The number of rotatable bonds is 4. The Balaban J connectivity index is 2.04. The van der Waals surface area contributed by atoms with Crippen LogP contribution in [0.25, 0.3) is 0 Å². The second-order valence-electron chi connectivity index (χ2n) is 4.76. The van der Waals surface area contributed by atoms with Crippen LogP contribution < -0.4 is 10.6 Å². The summed E-state index contributed by atoms with van der Waals surface area (Å²) in [6.07, 6.45) is 2.32. The Bertz CT molecular complexity index is 445. The van der Waals surface area contributed by atoms with Gasteiger partial charge in [-0.05, 0) is 50.0 Å². The van der Waals surface area contributed by atoms with Crippen molar-refractivity contribution in [2.45, 2.75) is 12.8 Å². The molecule has 1 aliphatic heterocycles. The lowest BCUT2D eigenvalue weighted by Crippen LogP contribution is -2.31. The van der Waals surface area contributed by atoms with Gasteiger partial charge in [0.1, 0.15) is 0 Å². The van der Waals surface area contributed by atoms with E-state index in [1.54, 1.807) is 12.1 Å². The molecule has 1 aliphatic rings. The van der Waals surface area contributed by atoms with E-state index >= 15 is 0 Å². The third-order valence-corrected chi connectivity index (χ3v) is 3.66. The highest BCUT2D eigenvalue weighted by atomic mass is 35.5. The van der Waals surface area contributed by atoms with Crippen molar-refractivity contribution < 1.29 is 9.53 Å². The van der Waals surface area contributed by atoms with Gasteiger partial charge in [-0.25, -0.2) is 4.79 Å². The maximum absolute atomic E-state index is 11.7. The van der Waals surface area contributed by atoms with E-state index in [0.29, 0.717) is 16.5 Å². The molecule has 0 saturated carbocycles. The number of carbonyl (C=O) groups is 1. The van der Waals surface area contributed by atoms with Crippen LogP contribution in [0.1, 0.15) is 23.2 Å². The first-order chi connectivity index (χ1) is 9.20. The molecule has 5 heteroatoms. The van der Waals surface area contributed by atoms with Gasteiger partial charge in [0.15, 0.2) is 0 Å². The zero-order valence-corrected chi connectivity index (χ0v) is 11.8. The van der Waals surface area contributed by atoms with E-state index in [1.165, 1.54) is 7.11 Å². The number of methoxy groups -OCH3 is 1. The molecule has 0 amide bonds. The molecule has 1 heterocycles. The maximum Gasteiger partial charge on any atom is 0.340 e. The van der Waals surface area contributed by atoms with Crippen molar-refractivity contribution >= 4 is 23.3 Å². The maximum atomic E-state index is 11.7. The van der Waals surface area contributed by atoms with Crippen molar-refractivity contribution in [1.29, 1.82) is 0 Å². The first-order valence-corrected chi connectivity index (χ1v) is 6.91. The summed E-state index contributed by atoms with van der Waals surface area (Å²) in [4.78, 5) is 11.7. The minimum Gasteiger partial charge on any atom is -0.465 e. The number of hydrogen-bond donors (Lipinski definition) is 2. The number of benzene rings is 1. The summed E-state index contributed by atoms with van der Waals surface area (Å²) in [5.74, 6) is 0.276. The van der Waals surface area contributed by atoms with Crippen molar-refractivity contribution in [2.75, 3.05) is 32.1 Å². The first kappa shape index (κ1) is 14.2. The molecule has 1 aromatic carbocycles. The molecule has 19 heavy (non-hydrogen) atoms. The average molecular weight is 283 g/mol.